The van der Waals surface area contributed by atoms with Crippen LogP contribution in [0.3, 0.4) is 0 Å². The Kier molecular flexibility index (Phi) is 3.89. The summed E-state index contributed by atoms with van der Waals surface area (Å²) in [6.07, 6.45) is 2.93. The second-order valence-electron chi connectivity index (χ2n) is 4.32. The van der Waals surface area contributed by atoms with Crippen LogP contribution in [0.15, 0.2) is 47.6 Å². The third-order valence-electron chi connectivity index (χ3n) is 2.65. The first-order valence-electron chi connectivity index (χ1n) is 5.80. The molecule has 1 aromatic carbocycles. The van der Waals surface area contributed by atoms with Crippen LogP contribution in [0.1, 0.15) is 0 Å². The number of sulfonamides is 1. The first-order chi connectivity index (χ1) is 9.42. The predicted molar refractivity (Wildman–Crippen MR) is 75.8 cm³/mol. The number of rotatable bonds is 4. The first kappa shape index (κ1) is 14.3. The SMILES string of the molecule is CN(C)c1ccncc1NS(=O)(=O)c1ccccc1F. The molecule has 1 heterocycles. The van der Waals surface area contributed by atoms with Gasteiger partial charge in [0.05, 0.1) is 17.6 Å². The largest absolute Gasteiger partial charge is 0.376 e. The molecule has 0 spiro atoms. The van der Waals surface area contributed by atoms with Crippen molar-refractivity contribution in [3.63, 3.8) is 0 Å². The Labute approximate surface area is 117 Å². The third kappa shape index (κ3) is 2.88. The highest BCUT2D eigenvalue weighted by Gasteiger charge is 2.20. The molecule has 0 fully saturated rings. The molecule has 0 bridgehead atoms. The van der Waals surface area contributed by atoms with Crippen molar-refractivity contribution in [2.75, 3.05) is 23.7 Å². The molecule has 0 saturated heterocycles. The molecule has 0 saturated carbocycles. The smallest absolute Gasteiger partial charge is 0.264 e. The molecule has 0 aliphatic carbocycles. The summed E-state index contributed by atoms with van der Waals surface area (Å²) in [7, 11) is -0.444. The monoisotopic (exact) mass is 295 g/mol. The van der Waals surface area contributed by atoms with Gasteiger partial charge in [0, 0.05) is 20.3 Å². The molecule has 2 aromatic rings. The topological polar surface area (TPSA) is 62.3 Å². The number of nitrogens with zero attached hydrogens (tertiary/aromatic N) is 2. The highest BCUT2D eigenvalue weighted by atomic mass is 32.2. The summed E-state index contributed by atoms with van der Waals surface area (Å²) in [5.74, 6) is -0.796. The maximum atomic E-state index is 13.6. The van der Waals surface area contributed by atoms with Gasteiger partial charge in [0.1, 0.15) is 10.7 Å². The number of benzene rings is 1. The van der Waals surface area contributed by atoms with E-state index in [1.54, 1.807) is 31.3 Å². The number of aromatic nitrogens is 1. The zero-order valence-electron chi connectivity index (χ0n) is 11.0. The highest BCUT2D eigenvalue weighted by molar-refractivity contribution is 7.92. The lowest BCUT2D eigenvalue weighted by molar-refractivity contribution is 0.570. The van der Waals surface area contributed by atoms with Crippen LogP contribution in [0.4, 0.5) is 15.8 Å². The van der Waals surface area contributed by atoms with E-state index in [2.05, 4.69) is 9.71 Å². The van der Waals surface area contributed by atoms with Gasteiger partial charge in [0.2, 0.25) is 0 Å². The van der Waals surface area contributed by atoms with E-state index in [1.165, 1.54) is 24.4 Å². The number of anilines is 2. The maximum absolute atomic E-state index is 13.6. The van der Waals surface area contributed by atoms with E-state index in [9.17, 15) is 12.8 Å². The summed E-state index contributed by atoms with van der Waals surface area (Å²) in [4.78, 5) is 5.22. The molecular formula is C13H14FN3O2S. The van der Waals surface area contributed by atoms with Crippen molar-refractivity contribution < 1.29 is 12.8 Å². The zero-order chi connectivity index (χ0) is 14.8. The summed E-state index contributed by atoms with van der Waals surface area (Å²) in [5, 5.41) is 0. The second kappa shape index (κ2) is 5.46. The fourth-order valence-electron chi connectivity index (χ4n) is 1.72. The Bertz CT molecular complexity index is 717. The van der Waals surface area contributed by atoms with Crippen molar-refractivity contribution in [2.24, 2.45) is 0 Å². The summed E-state index contributed by atoms with van der Waals surface area (Å²) < 4.78 is 40.4. The van der Waals surface area contributed by atoms with Gasteiger partial charge in [0.25, 0.3) is 10.0 Å². The standard InChI is InChI=1S/C13H14FN3O2S/c1-17(2)12-7-8-15-9-11(12)16-20(18,19)13-6-4-3-5-10(13)14/h3-9,16H,1-2H3. The fourth-order valence-corrected chi connectivity index (χ4v) is 2.86. The zero-order valence-corrected chi connectivity index (χ0v) is 11.9. The van der Waals surface area contributed by atoms with Gasteiger partial charge in [-0.2, -0.15) is 0 Å². The quantitative estimate of drug-likeness (QED) is 0.938. The van der Waals surface area contributed by atoms with Gasteiger partial charge < -0.3 is 4.90 Å². The van der Waals surface area contributed by atoms with Crippen molar-refractivity contribution >= 4 is 21.4 Å². The summed E-state index contributed by atoms with van der Waals surface area (Å²) in [6.45, 7) is 0. The van der Waals surface area contributed by atoms with Gasteiger partial charge in [-0.3, -0.25) is 9.71 Å². The molecule has 1 N–H and O–H groups in total. The molecule has 5 nitrogen and oxygen atoms in total. The lowest BCUT2D eigenvalue weighted by Gasteiger charge is -2.17. The Morgan fingerprint density at radius 2 is 1.90 bits per heavy atom. The van der Waals surface area contributed by atoms with Crippen LogP contribution in [0.25, 0.3) is 0 Å². The molecule has 0 unspecified atom stereocenters. The van der Waals surface area contributed by atoms with E-state index in [4.69, 9.17) is 0 Å². The minimum absolute atomic E-state index is 0.292. The van der Waals surface area contributed by atoms with Crippen LogP contribution < -0.4 is 9.62 Å². The Morgan fingerprint density at radius 3 is 2.55 bits per heavy atom. The molecule has 20 heavy (non-hydrogen) atoms. The van der Waals surface area contributed by atoms with E-state index in [1.807, 2.05) is 0 Å². The van der Waals surface area contributed by atoms with E-state index >= 15 is 0 Å². The van der Waals surface area contributed by atoms with E-state index in [-0.39, 0.29) is 0 Å². The van der Waals surface area contributed by atoms with Gasteiger partial charge in [0.15, 0.2) is 0 Å². The van der Waals surface area contributed by atoms with Crippen molar-refractivity contribution in [1.29, 1.82) is 0 Å². The highest BCUT2D eigenvalue weighted by Crippen LogP contribution is 2.26. The molecular weight excluding hydrogens is 281 g/mol. The predicted octanol–water partition coefficient (Wildman–Crippen LogP) is 2.09. The summed E-state index contributed by atoms with van der Waals surface area (Å²) in [5.41, 5.74) is 0.931. The number of hydrogen-bond donors (Lipinski definition) is 1. The second-order valence-corrected chi connectivity index (χ2v) is 5.97. The van der Waals surface area contributed by atoms with Crippen molar-refractivity contribution in [2.45, 2.75) is 4.90 Å². The minimum atomic E-state index is -3.99. The van der Waals surface area contributed by atoms with Gasteiger partial charge in [-0.15, -0.1) is 0 Å². The molecule has 0 amide bonds. The van der Waals surface area contributed by atoms with E-state index < -0.39 is 20.7 Å². The van der Waals surface area contributed by atoms with E-state index in [0.29, 0.717) is 11.4 Å². The summed E-state index contributed by atoms with van der Waals surface area (Å²) in [6, 6.07) is 6.88. The van der Waals surface area contributed by atoms with Gasteiger partial charge in [-0.25, -0.2) is 12.8 Å². The van der Waals surface area contributed by atoms with Gasteiger partial charge in [-0.1, -0.05) is 12.1 Å². The van der Waals surface area contributed by atoms with Gasteiger partial charge >= 0.3 is 0 Å². The Balaban J connectivity index is 2.42. The fraction of sp³-hybridized carbons (Fsp3) is 0.154. The number of pyridine rings is 1. The van der Waals surface area contributed by atoms with Crippen molar-refractivity contribution in [3.05, 3.63) is 48.5 Å². The van der Waals surface area contributed by atoms with Crippen LogP contribution in [0, 0.1) is 5.82 Å². The molecule has 0 atom stereocenters. The molecule has 2 rings (SSSR count). The van der Waals surface area contributed by atoms with Crippen LogP contribution in [0.2, 0.25) is 0 Å². The Morgan fingerprint density at radius 1 is 1.20 bits per heavy atom. The average Bonchev–Trinajstić information content (AvgIpc) is 2.39. The minimum Gasteiger partial charge on any atom is -0.376 e. The maximum Gasteiger partial charge on any atom is 0.264 e. The van der Waals surface area contributed by atoms with Gasteiger partial charge in [-0.05, 0) is 18.2 Å². The van der Waals surface area contributed by atoms with Crippen LogP contribution >= 0.6 is 0 Å². The van der Waals surface area contributed by atoms with Crippen LogP contribution in [0.5, 0.6) is 0 Å². The van der Waals surface area contributed by atoms with E-state index in [0.717, 1.165) is 6.07 Å². The molecule has 0 radical (unpaired) electrons. The van der Waals surface area contributed by atoms with Crippen LogP contribution in [-0.2, 0) is 10.0 Å². The van der Waals surface area contributed by atoms with Crippen molar-refractivity contribution in [1.82, 2.24) is 4.98 Å². The summed E-state index contributed by atoms with van der Waals surface area (Å²) >= 11 is 0. The number of hydrogen-bond acceptors (Lipinski definition) is 4. The first-order valence-corrected chi connectivity index (χ1v) is 7.29. The van der Waals surface area contributed by atoms with Crippen molar-refractivity contribution in [3.8, 4) is 0 Å². The van der Waals surface area contributed by atoms with Crippen LogP contribution in [-0.4, -0.2) is 27.5 Å². The number of nitrogens with one attached hydrogen (secondary N) is 1. The average molecular weight is 295 g/mol. The molecule has 7 heteroatoms. The number of halogens is 1. The molecule has 1 aromatic heterocycles. The Hall–Kier alpha value is -2.15. The molecule has 0 aliphatic rings. The molecule has 0 aliphatic heterocycles. The molecule has 106 valence electrons. The lowest BCUT2D eigenvalue weighted by atomic mass is 10.3. The lowest BCUT2D eigenvalue weighted by Crippen LogP contribution is -2.18. The third-order valence-corrected chi connectivity index (χ3v) is 4.05. The normalized spacial score (nSPS) is 11.2.